The van der Waals surface area contributed by atoms with Crippen LogP contribution in [0.2, 0.25) is 15.1 Å². The van der Waals surface area contributed by atoms with Crippen molar-refractivity contribution in [2.24, 2.45) is 0 Å². The molecule has 2 aromatic carbocycles. The Morgan fingerprint density at radius 2 is 2.03 bits per heavy atom. The van der Waals surface area contributed by atoms with Gasteiger partial charge in [0.15, 0.2) is 0 Å². The highest BCUT2D eigenvalue weighted by Gasteiger charge is 2.32. The summed E-state index contributed by atoms with van der Waals surface area (Å²) in [6.45, 7) is 0.00375. The lowest BCUT2D eigenvalue weighted by atomic mass is 10.2. The van der Waals surface area contributed by atoms with Crippen molar-refractivity contribution in [2.45, 2.75) is 17.5 Å². The van der Waals surface area contributed by atoms with E-state index in [1.165, 1.54) is 22.3 Å². The number of aliphatic hydroxyl groups excluding tert-OH is 1. The van der Waals surface area contributed by atoms with Crippen LogP contribution in [0.25, 0.3) is 0 Å². The van der Waals surface area contributed by atoms with E-state index in [1.54, 1.807) is 19.2 Å². The first-order chi connectivity index (χ1) is 15.0. The fourth-order valence-corrected chi connectivity index (χ4v) is 5.37. The molecule has 1 heterocycles. The molecular weight excluding hydrogens is 527 g/mol. The molecule has 2 atom stereocenters. The molecule has 3 rings (SSSR count). The molecule has 0 aromatic heterocycles. The SMILES string of the molecule is CN(CC(O)COc1ccc(Cl)cc1Cl)N1Cc2cc(Cl)c(NS(=O)[O-])cc2S(=O)(=O)N1. The summed E-state index contributed by atoms with van der Waals surface area (Å²) in [5, 5.41) is 13.9. The van der Waals surface area contributed by atoms with Crippen molar-refractivity contribution < 1.29 is 27.0 Å². The van der Waals surface area contributed by atoms with Gasteiger partial charge in [0, 0.05) is 29.9 Å². The van der Waals surface area contributed by atoms with Crippen molar-refractivity contribution in [2.75, 3.05) is 24.9 Å². The Balaban J connectivity index is 1.67. The summed E-state index contributed by atoms with van der Waals surface area (Å²) in [5.74, 6) is 0.350. The van der Waals surface area contributed by atoms with Crippen LogP contribution in [0.15, 0.2) is 35.2 Å². The molecule has 2 aromatic rings. The maximum Gasteiger partial charge on any atom is 0.254 e. The molecule has 176 valence electrons. The van der Waals surface area contributed by atoms with Crippen LogP contribution in [0.3, 0.4) is 0 Å². The molecule has 0 amide bonds. The van der Waals surface area contributed by atoms with E-state index in [0.29, 0.717) is 21.4 Å². The summed E-state index contributed by atoms with van der Waals surface area (Å²) in [4.78, 5) is 2.25. The Morgan fingerprint density at radius 3 is 2.69 bits per heavy atom. The lowest BCUT2D eigenvalue weighted by Crippen LogP contribution is -2.55. The van der Waals surface area contributed by atoms with Crippen molar-refractivity contribution in [1.82, 2.24) is 15.0 Å². The Bertz CT molecular complexity index is 1140. The van der Waals surface area contributed by atoms with Crippen molar-refractivity contribution in [3.05, 3.63) is 51.0 Å². The number of anilines is 1. The number of likely N-dealkylation sites (N-methyl/N-ethyl adjacent to an activating group) is 1. The van der Waals surface area contributed by atoms with Crippen LogP contribution in [0.4, 0.5) is 5.69 Å². The highest BCUT2D eigenvalue weighted by Crippen LogP contribution is 2.32. The van der Waals surface area contributed by atoms with Crippen LogP contribution in [-0.2, 0) is 27.8 Å². The molecule has 10 nitrogen and oxygen atoms in total. The maximum absolute atomic E-state index is 12.7. The molecule has 0 bridgehead atoms. The third-order valence-electron chi connectivity index (χ3n) is 4.39. The smallest absolute Gasteiger partial charge is 0.254 e. The minimum absolute atomic E-state index is 0.0194. The molecule has 0 fully saturated rings. The highest BCUT2D eigenvalue weighted by atomic mass is 35.5. The van der Waals surface area contributed by atoms with Gasteiger partial charge in [-0.05, 0) is 35.9 Å². The van der Waals surface area contributed by atoms with Crippen LogP contribution in [0.1, 0.15) is 5.56 Å². The van der Waals surface area contributed by atoms with Gasteiger partial charge in [-0.3, -0.25) is 4.21 Å². The number of hydrazine groups is 2. The molecule has 0 radical (unpaired) electrons. The van der Waals surface area contributed by atoms with Gasteiger partial charge in [0.1, 0.15) is 18.5 Å². The largest absolute Gasteiger partial charge is 0.755 e. The van der Waals surface area contributed by atoms with Crippen LogP contribution in [-0.4, -0.2) is 58.7 Å². The zero-order valence-corrected chi connectivity index (χ0v) is 20.3. The minimum Gasteiger partial charge on any atom is -0.755 e. The number of hydrogen-bond donors (Lipinski definition) is 3. The molecule has 0 saturated heterocycles. The van der Waals surface area contributed by atoms with E-state index in [9.17, 15) is 22.3 Å². The number of halogens is 3. The predicted molar refractivity (Wildman–Crippen MR) is 120 cm³/mol. The summed E-state index contributed by atoms with van der Waals surface area (Å²) in [6, 6.07) is 7.20. The van der Waals surface area contributed by atoms with E-state index in [1.807, 2.05) is 0 Å². The lowest BCUT2D eigenvalue weighted by Gasteiger charge is -2.36. The van der Waals surface area contributed by atoms with Gasteiger partial charge in [0.25, 0.3) is 10.0 Å². The number of rotatable bonds is 8. The van der Waals surface area contributed by atoms with Crippen molar-refractivity contribution in [3.63, 3.8) is 0 Å². The van der Waals surface area contributed by atoms with Gasteiger partial charge in [-0.25, -0.2) is 13.4 Å². The second kappa shape index (κ2) is 10.4. The lowest BCUT2D eigenvalue weighted by molar-refractivity contribution is -0.0669. The van der Waals surface area contributed by atoms with Crippen LogP contribution < -0.4 is 14.3 Å². The van der Waals surface area contributed by atoms with Gasteiger partial charge in [-0.15, -0.1) is 4.83 Å². The Labute approximate surface area is 202 Å². The molecule has 0 spiro atoms. The van der Waals surface area contributed by atoms with E-state index in [-0.39, 0.29) is 35.3 Å². The molecule has 0 aliphatic carbocycles. The summed E-state index contributed by atoms with van der Waals surface area (Å²) in [7, 11) is -2.45. The number of nitrogens with one attached hydrogen (secondary N) is 2. The average molecular weight is 545 g/mol. The van der Waals surface area contributed by atoms with Crippen LogP contribution >= 0.6 is 34.8 Å². The second-order valence-corrected chi connectivity index (χ2v) is 10.4. The van der Waals surface area contributed by atoms with E-state index < -0.39 is 27.4 Å². The molecule has 15 heteroatoms. The van der Waals surface area contributed by atoms with Crippen LogP contribution in [0, 0.1) is 0 Å². The normalized spacial score (nSPS) is 17.6. The third-order valence-corrected chi connectivity index (χ3v) is 7.03. The van der Waals surface area contributed by atoms with E-state index >= 15 is 0 Å². The molecule has 1 aliphatic rings. The number of ether oxygens (including phenoxy) is 1. The Morgan fingerprint density at radius 1 is 1.31 bits per heavy atom. The number of sulfonamides is 1. The molecular formula is C17H18Cl3N4O6S2-. The average Bonchev–Trinajstić information content (AvgIpc) is 2.67. The predicted octanol–water partition coefficient (Wildman–Crippen LogP) is 2.15. The van der Waals surface area contributed by atoms with Crippen molar-refractivity contribution >= 4 is 61.8 Å². The van der Waals surface area contributed by atoms with E-state index in [4.69, 9.17) is 39.5 Å². The van der Waals surface area contributed by atoms with Gasteiger partial charge < -0.3 is 19.1 Å². The Kier molecular flexibility index (Phi) is 8.25. The van der Waals surface area contributed by atoms with E-state index in [2.05, 4.69) is 9.55 Å². The molecule has 3 N–H and O–H groups in total. The number of fused-ring (bicyclic) bond motifs is 1. The van der Waals surface area contributed by atoms with E-state index in [0.717, 1.165) is 6.07 Å². The second-order valence-electron chi connectivity index (χ2n) is 6.81. The Hall–Kier alpha value is -1.19. The van der Waals surface area contributed by atoms with Crippen molar-refractivity contribution in [1.29, 1.82) is 0 Å². The standard InChI is InChI=1S/C17H19Cl3N4O6S2/c1-23(8-12(25)9-30-16-3-2-11(18)5-14(16)20)24-7-10-4-13(19)15(21-31(26)27)6-17(10)32(28,29)22-24/h2-6,12,21-22,25H,7-9H2,1H3,(H,26,27)/p-1. The van der Waals surface area contributed by atoms with Gasteiger partial charge in [-0.1, -0.05) is 34.8 Å². The number of nitrogens with zero attached hydrogens (tertiary/aromatic N) is 2. The number of hydrogen-bond acceptors (Lipinski definition) is 8. The monoisotopic (exact) mass is 543 g/mol. The first kappa shape index (κ1) is 25.4. The number of aliphatic hydroxyl groups is 1. The first-order valence-corrected chi connectivity index (χ1v) is 12.6. The zero-order valence-electron chi connectivity index (χ0n) is 16.4. The van der Waals surface area contributed by atoms with Gasteiger partial charge in [0.2, 0.25) is 0 Å². The fraction of sp³-hybridized carbons (Fsp3) is 0.294. The molecule has 1 aliphatic heterocycles. The zero-order chi connectivity index (χ0) is 23.6. The van der Waals surface area contributed by atoms with Gasteiger partial charge >= 0.3 is 0 Å². The fourth-order valence-electron chi connectivity index (χ4n) is 2.94. The van der Waals surface area contributed by atoms with Gasteiger partial charge in [-0.2, -0.15) is 5.12 Å². The van der Waals surface area contributed by atoms with Crippen molar-refractivity contribution in [3.8, 4) is 5.75 Å². The summed E-state index contributed by atoms with van der Waals surface area (Å²) in [5.41, 5.74) is 0.292. The maximum atomic E-state index is 12.7. The molecule has 2 unspecified atom stereocenters. The molecule has 32 heavy (non-hydrogen) atoms. The topological polar surface area (TPSA) is 134 Å². The summed E-state index contributed by atoms with van der Waals surface area (Å²) in [6.07, 6.45) is -0.986. The summed E-state index contributed by atoms with van der Waals surface area (Å²) < 4.78 is 54.7. The summed E-state index contributed by atoms with van der Waals surface area (Å²) >= 11 is 15.3. The minimum atomic E-state index is -4.02. The van der Waals surface area contributed by atoms with Gasteiger partial charge in [0.05, 0.1) is 27.2 Å². The van der Waals surface area contributed by atoms with Crippen LogP contribution in [0.5, 0.6) is 5.75 Å². The third kappa shape index (κ3) is 6.23. The quantitative estimate of drug-likeness (QED) is 0.431. The molecule has 0 saturated carbocycles. The highest BCUT2D eigenvalue weighted by molar-refractivity contribution is 7.89. The number of benzene rings is 2. The first-order valence-electron chi connectivity index (χ1n) is 8.91.